The molecule has 3 N–H and O–H groups in total. The fourth-order valence-corrected chi connectivity index (χ4v) is 1.94. The molecule has 0 bridgehead atoms. The monoisotopic (exact) mass is 247 g/mol. The Morgan fingerprint density at radius 2 is 2.25 bits per heavy atom. The SMILES string of the molecule is CC(C)(CNS(=O)(=O)c1cn[nH]c1)C(=O)O. The first-order valence-corrected chi connectivity index (χ1v) is 5.96. The topological polar surface area (TPSA) is 112 Å². The van der Waals surface area contributed by atoms with Gasteiger partial charge in [0.2, 0.25) is 10.0 Å². The van der Waals surface area contributed by atoms with E-state index in [0.717, 1.165) is 6.20 Å². The minimum atomic E-state index is -3.69. The number of hydrogen-bond acceptors (Lipinski definition) is 4. The van der Waals surface area contributed by atoms with E-state index < -0.39 is 21.4 Å². The summed E-state index contributed by atoms with van der Waals surface area (Å²) in [5.74, 6) is -1.07. The van der Waals surface area contributed by atoms with E-state index in [4.69, 9.17) is 5.11 Å². The summed E-state index contributed by atoms with van der Waals surface area (Å²) in [6, 6.07) is 0. The zero-order chi connectivity index (χ0) is 12.4. The fourth-order valence-electron chi connectivity index (χ4n) is 0.820. The lowest BCUT2D eigenvalue weighted by Gasteiger charge is -2.18. The first-order valence-electron chi connectivity index (χ1n) is 4.47. The van der Waals surface area contributed by atoms with E-state index in [1.165, 1.54) is 20.0 Å². The number of carboxylic acid groups (broad SMARTS) is 1. The van der Waals surface area contributed by atoms with Gasteiger partial charge in [0.05, 0.1) is 11.6 Å². The van der Waals surface area contributed by atoms with Crippen molar-refractivity contribution in [3.63, 3.8) is 0 Å². The van der Waals surface area contributed by atoms with Gasteiger partial charge in [-0.1, -0.05) is 0 Å². The molecule has 8 heteroatoms. The summed E-state index contributed by atoms with van der Waals surface area (Å²) in [6.45, 7) is 2.69. The first kappa shape index (κ1) is 12.7. The number of aliphatic carboxylic acids is 1. The Bertz CT molecular complexity index is 463. The Balaban J connectivity index is 2.74. The van der Waals surface area contributed by atoms with Gasteiger partial charge in [-0.3, -0.25) is 9.89 Å². The average Bonchev–Trinajstić information content (AvgIpc) is 2.68. The van der Waals surface area contributed by atoms with E-state index in [1.54, 1.807) is 0 Å². The average molecular weight is 247 g/mol. The molecule has 0 atom stereocenters. The summed E-state index contributed by atoms with van der Waals surface area (Å²) >= 11 is 0. The number of nitrogens with zero attached hydrogens (tertiary/aromatic N) is 1. The molecule has 16 heavy (non-hydrogen) atoms. The van der Waals surface area contributed by atoms with E-state index in [2.05, 4.69) is 14.9 Å². The number of nitrogens with one attached hydrogen (secondary N) is 2. The Morgan fingerprint density at radius 1 is 1.62 bits per heavy atom. The zero-order valence-corrected chi connectivity index (χ0v) is 9.71. The van der Waals surface area contributed by atoms with E-state index in [-0.39, 0.29) is 11.4 Å². The standard InChI is InChI=1S/C8H13N3O4S/c1-8(2,7(12)13)5-11-16(14,15)6-3-9-10-4-6/h3-4,11H,5H2,1-2H3,(H,9,10)(H,12,13). The lowest BCUT2D eigenvalue weighted by molar-refractivity contribution is -0.146. The van der Waals surface area contributed by atoms with Gasteiger partial charge in [-0.15, -0.1) is 0 Å². The van der Waals surface area contributed by atoms with Crippen LogP contribution in [0, 0.1) is 5.41 Å². The van der Waals surface area contributed by atoms with Crippen LogP contribution >= 0.6 is 0 Å². The van der Waals surface area contributed by atoms with Crippen molar-refractivity contribution in [2.45, 2.75) is 18.7 Å². The van der Waals surface area contributed by atoms with Crippen LogP contribution in [0.4, 0.5) is 0 Å². The molecule has 0 aromatic carbocycles. The van der Waals surface area contributed by atoms with Crippen LogP contribution in [0.3, 0.4) is 0 Å². The molecular formula is C8H13N3O4S. The molecule has 0 radical (unpaired) electrons. The largest absolute Gasteiger partial charge is 0.481 e. The van der Waals surface area contributed by atoms with Gasteiger partial charge in [0, 0.05) is 12.7 Å². The molecule has 1 rings (SSSR count). The Morgan fingerprint density at radius 3 is 2.69 bits per heavy atom. The number of sulfonamides is 1. The van der Waals surface area contributed by atoms with Gasteiger partial charge in [0.15, 0.2) is 0 Å². The van der Waals surface area contributed by atoms with Crippen molar-refractivity contribution in [1.82, 2.24) is 14.9 Å². The second-order valence-corrected chi connectivity index (χ2v) is 5.71. The number of carbonyl (C=O) groups is 1. The van der Waals surface area contributed by atoms with Crippen molar-refractivity contribution in [1.29, 1.82) is 0 Å². The van der Waals surface area contributed by atoms with Crippen molar-refractivity contribution in [3.05, 3.63) is 12.4 Å². The molecule has 0 spiro atoms. The van der Waals surface area contributed by atoms with Gasteiger partial charge < -0.3 is 5.11 Å². The summed E-state index contributed by atoms with van der Waals surface area (Å²) in [4.78, 5) is 10.8. The summed E-state index contributed by atoms with van der Waals surface area (Å²) in [5.41, 5.74) is -1.16. The molecule has 0 aliphatic heterocycles. The van der Waals surface area contributed by atoms with Gasteiger partial charge in [0.1, 0.15) is 4.90 Å². The number of hydrogen-bond donors (Lipinski definition) is 3. The highest BCUT2D eigenvalue weighted by atomic mass is 32.2. The number of carboxylic acids is 1. The lowest BCUT2D eigenvalue weighted by Crippen LogP contribution is -2.38. The van der Waals surface area contributed by atoms with Crippen molar-refractivity contribution in [2.75, 3.05) is 6.54 Å². The number of aromatic nitrogens is 2. The molecule has 1 aromatic heterocycles. The maximum Gasteiger partial charge on any atom is 0.310 e. The molecule has 0 aliphatic rings. The Hall–Kier alpha value is -1.41. The molecule has 1 aromatic rings. The molecule has 0 fully saturated rings. The maximum absolute atomic E-state index is 11.6. The molecule has 0 amide bonds. The molecule has 0 saturated carbocycles. The zero-order valence-electron chi connectivity index (χ0n) is 8.89. The Kier molecular flexibility index (Phi) is 3.34. The van der Waals surface area contributed by atoms with Gasteiger partial charge in [0.25, 0.3) is 0 Å². The lowest BCUT2D eigenvalue weighted by atomic mass is 9.95. The van der Waals surface area contributed by atoms with Crippen molar-refractivity contribution >= 4 is 16.0 Å². The van der Waals surface area contributed by atoms with E-state index in [1.807, 2.05) is 0 Å². The normalized spacial score (nSPS) is 12.6. The number of aromatic amines is 1. The van der Waals surface area contributed by atoms with Crippen LogP contribution in [-0.2, 0) is 14.8 Å². The van der Waals surface area contributed by atoms with E-state index in [0.29, 0.717) is 0 Å². The van der Waals surface area contributed by atoms with Crippen LogP contribution in [0.15, 0.2) is 17.3 Å². The summed E-state index contributed by atoms with van der Waals surface area (Å²) in [6.07, 6.45) is 2.37. The molecule has 0 saturated heterocycles. The van der Waals surface area contributed by atoms with Gasteiger partial charge in [-0.05, 0) is 13.8 Å². The third-order valence-electron chi connectivity index (χ3n) is 2.07. The van der Waals surface area contributed by atoms with Gasteiger partial charge >= 0.3 is 5.97 Å². The summed E-state index contributed by atoms with van der Waals surface area (Å²) in [5, 5.41) is 14.7. The third-order valence-corrected chi connectivity index (χ3v) is 3.43. The first-order chi connectivity index (χ1) is 7.26. The number of rotatable bonds is 5. The van der Waals surface area contributed by atoms with Crippen LogP contribution in [0.1, 0.15) is 13.8 Å². The number of H-pyrrole nitrogens is 1. The highest BCUT2D eigenvalue weighted by Gasteiger charge is 2.29. The summed E-state index contributed by atoms with van der Waals surface area (Å²) < 4.78 is 25.4. The predicted octanol–water partition coefficient (Wildman–Crippen LogP) is -0.201. The minimum absolute atomic E-state index is 0.0197. The quantitative estimate of drug-likeness (QED) is 0.667. The smallest absolute Gasteiger partial charge is 0.310 e. The third kappa shape index (κ3) is 2.80. The van der Waals surface area contributed by atoms with E-state index >= 15 is 0 Å². The molecule has 1 heterocycles. The molecule has 90 valence electrons. The molecule has 7 nitrogen and oxygen atoms in total. The highest BCUT2D eigenvalue weighted by Crippen LogP contribution is 2.15. The van der Waals surface area contributed by atoms with Crippen molar-refractivity contribution in [3.8, 4) is 0 Å². The van der Waals surface area contributed by atoms with Crippen molar-refractivity contribution < 1.29 is 18.3 Å². The highest BCUT2D eigenvalue weighted by molar-refractivity contribution is 7.89. The Labute approximate surface area is 92.9 Å². The fraction of sp³-hybridized carbons (Fsp3) is 0.500. The van der Waals surface area contributed by atoms with Crippen molar-refractivity contribution in [2.24, 2.45) is 5.41 Å². The van der Waals surface area contributed by atoms with E-state index in [9.17, 15) is 13.2 Å². The molecular weight excluding hydrogens is 234 g/mol. The molecule has 0 unspecified atom stereocenters. The van der Waals surface area contributed by atoms with Gasteiger partial charge in [-0.2, -0.15) is 5.10 Å². The predicted molar refractivity (Wildman–Crippen MR) is 55.2 cm³/mol. The van der Waals surface area contributed by atoms with Crippen LogP contribution in [0.2, 0.25) is 0 Å². The van der Waals surface area contributed by atoms with Gasteiger partial charge in [-0.25, -0.2) is 13.1 Å². The second kappa shape index (κ2) is 4.22. The summed E-state index contributed by atoms with van der Waals surface area (Å²) in [7, 11) is -3.69. The maximum atomic E-state index is 11.6. The van der Waals surface area contributed by atoms with Crippen LogP contribution in [0.25, 0.3) is 0 Å². The molecule has 0 aliphatic carbocycles. The second-order valence-electron chi connectivity index (χ2n) is 3.95. The van der Waals surface area contributed by atoms with Crippen LogP contribution in [-0.4, -0.2) is 36.2 Å². The minimum Gasteiger partial charge on any atom is -0.481 e. The van der Waals surface area contributed by atoms with Crippen LogP contribution in [0.5, 0.6) is 0 Å². The van der Waals surface area contributed by atoms with Crippen LogP contribution < -0.4 is 4.72 Å².